The van der Waals surface area contributed by atoms with E-state index in [2.05, 4.69) is 15.9 Å². The van der Waals surface area contributed by atoms with Crippen LogP contribution in [0, 0.1) is 0 Å². The minimum absolute atomic E-state index is 0.193. The third-order valence-corrected chi connectivity index (χ3v) is 5.37. The van der Waals surface area contributed by atoms with Crippen molar-refractivity contribution >= 4 is 44.1 Å². The number of ether oxygens (including phenoxy) is 2. The first-order valence-electron chi connectivity index (χ1n) is 9.13. The molecule has 0 aliphatic heterocycles. The van der Waals surface area contributed by atoms with Crippen molar-refractivity contribution in [1.82, 2.24) is 4.40 Å². The van der Waals surface area contributed by atoms with E-state index < -0.39 is 5.97 Å². The van der Waals surface area contributed by atoms with Gasteiger partial charge in [0.15, 0.2) is 0 Å². The maximum Gasteiger partial charge on any atom is 0.340 e. The minimum Gasteiger partial charge on any atom is -0.497 e. The molecule has 29 heavy (non-hydrogen) atoms. The smallest absolute Gasteiger partial charge is 0.340 e. The van der Waals surface area contributed by atoms with Gasteiger partial charge in [-0.3, -0.25) is 4.79 Å². The largest absolute Gasteiger partial charge is 0.497 e. The molecule has 0 spiro atoms. The number of fused-ring (bicyclic) bond motifs is 3. The fraction of sp³-hybridized carbons (Fsp3) is 0.130. The van der Waals surface area contributed by atoms with E-state index in [9.17, 15) is 9.59 Å². The summed E-state index contributed by atoms with van der Waals surface area (Å²) in [7, 11) is 1.58. The van der Waals surface area contributed by atoms with E-state index in [1.54, 1.807) is 44.4 Å². The summed E-state index contributed by atoms with van der Waals surface area (Å²) in [6.45, 7) is 2.01. The lowest BCUT2D eigenvalue weighted by Gasteiger charge is -2.10. The van der Waals surface area contributed by atoms with Crippen molar-refractivity contribution in [2.45, 2.75) is 6.92 Å². The fourth-order valence-electron chi connectivity index (χ4n) is 3.44. The van der Waals surface area contributed by atoms with Gasteiger partial charge in [-0.2, -0.15) is 0 Å². The summed E-state index contributed by atoms with van der Waals surface area (Å²) in [6.07, 6.45) is 0. The van der Waals surface area contributed by atoms with Crippen LogP contribution in [0.1, 0.15) is 33.3 Å². The summed E-state index contributed by atoms with van der Waals surface area (Å²) < 4.78 is 12.9. The van der Waals surface area contributed by atoms with E-state index in [4.69, 9.17) is 9.47 Å². The quantitative estimate of drug-likeness (QED) is 0.306. The molecule has 6 heteroatoms. The van der Waals surface area contributed by atoms with Crippen LogP contribution in [0.25, 0.3) is 16.4 Å². The molecule has 0 unspecified atom stereocenters. The Kier molecular flexibility index (Phi) is 5.11. The highest BCUT2D eigenvalue weighted by molar-refractivity contribution is 9.10. The number of nitrogens with zero attached hydrogens (tertiary/aromatic N) is 1. The number of pyridine rings is 1. The fourth-order valence-corrected chi connectivity index (χ4v) is 4.07. The minimum atomic E-state index is -0.463. The number of hydrogen-bond acceptors (Lipinski definition) is 4. The summed E-state index contributed by atoms with van der Waals surface area (Å²) in [5.74, 6) is 0.0122. The second kappa shape index (κ2) is 7.72. The van der Waals surface area contributed by atoms with E-state index in [-0.39, 0.29) is 12.4 Å². The average Bonchev–Trinajstić information content (AvgIpc) is 3.15. The van der Waals surface area contributed by atoms with Crippen molar-refractivity contribution in [3.05, 3.63) is 82.0 Å². The Morgan fingerprint density at radius 2 is 1.76 bits per heavy atom. The lowest BCUT2D eigenvalue weighted by atomic mass is 10.1. The monoisotopic (exact) mass is 451 g/mol. The molecular formula is C23H18BrNO4. The van der Waals surface area contributed by atoms with Gasteiger partial charge in [0, 0.05) is 10.0 Å². The number of ketones is 1. The van der Waals surface area contributed by atoms with Gasteiger partial charge in [0.25, 0.3) is 0 Å². The van der Waals surface area contributed by atoms with E-state index in [1.165, 1.54) is 0 Å². The predicted octanol–water partition coefficient (Wildman–Crippen LogP) is 5.27. The molecule has 0 aliphatic carbocycles. The highest BCUT2D eigenvalue weighted by Crippen LogP contribution is 2.32. The first kappa shape index (κ1) is 19.2. The number of methoxy groups -OCH3 is 1. The number of para-hydroxylation sites is 1. The Morgan fingerprint density at radius 1 is 1.03 bits per heavy atom. The molecule has 2 aromatic heterocycles. The molecule has 2 heterocycles. The Morgan fingerprint density at radius 3 is 2.45 bits per heavy atom. The number of carbonyl (C=O) groups is 2. The van der Waals surface area contributed by atoms with Crippen molar-refractivity contribution < 1.29 is 19.1 Å². The number of halogens is 1. The average molecular weight is 452 g/mol. The molecular weight excluding hydrogens is 434 g/mol. The van der Waals surface area contributed by atoms with Gasteiger partial charge in [0.05, 0.1) is 36.0 Å². The number of hydrogen-bond donors (Lipinski definition) is 0. The van der Waals surface area contributed by atoms with Crippen molar-refractivity contribution in [1.29, 1.82) is 0 Å². The number of aromatic nitrogens is 1. The first-order valence-corrected chi connectivity index (χ1v) is 9.93. The van der Waals surface area contributed by atoms with Crippen LogP contribution in [0.15, 0.2) is 65.1 Å². The highest BCUT2D eigenvalue weighted by atomic mass is 79.9. The SMILES string of the molecule is CCOC(=O)c1cc(C(=O)c2ccc(OC)cc2)n2c1c(Br)cc1ccccc12. The Hall–Kier alpha value is -3.12. The van der Waals surface area contributed by atoms with Gasteiger partial charge in [0.1, 0.15) is 5.75 Å². The third kappa shape index (κ3) is 3.29. The molecule has 0 radical (unpaired) electrons. The molecule has 4 rings (SSSR count). The van der Waals surface area contributed by atoms with E-state index in [1.807, 2.05) is 34.7 Å². The zero-order chi connectivity index (χ0) is 20.5. The van der Waals surface area contributed by atoms with Crippen LogP contribution in [0.5, 0.6) is 5.75 Å². The lowest BCUT2D eigenvalue weighted by Crippen LogP contribution is -2.06. The topological polar surface area (TPSA) is 57.0 Å². The summed E-state index contributed by atoms with van der Waals surface area (Å²) in [5, 5.41) is 0.946. The van der Waals surface area contributed by atoms with Gasteiger partial charge in [-0.15, -0.1) is 0 Å². The summed E-state index contributed by atoms with van der Waals surface area (Å²) in [4.78, 5) is 26.0. The molecule has 146 valence electrons. The summed E-state index contributed by atoms with van der Waals surface area (Å²) in [5.41, 5.74) is 2.69. The van der Waals surface area contributed by atoms with Gasteiger partial charge < -0.3 is 13.9 Å². The second-order valence-electron chi connectivity index (χ2n) is 6.46. The maximum atomic E-state index is 13.4. The molecule has 0 bridgehead atoms. The zero-order valence-electron chi connectivity index (χ0n) is 15.9. The van der Waals surface area contributed by atoms with Crippen LogP contribution < -0.4 is 4.74 Å². The van der Waals surface area contributed by atoms with E-state index >= 15 is 0 Å². The van der Waals surface area contributed by atoms with E-state index in [0.717, 1.165) is 10.9 Å². The van der Waals surface area contributed by atoms with Gasteiger partial charge >= 0.3 is 5.97 Å². The summed E-state index contributed by atoms with van der Waals surface area (Å²) >= 11 is 3.57. The first-order chi connectivity index (χ1) is 14.0. The van der Waals surface area contributed by atoms with Crippen molar-refractivity contribution in [2.24, 2.45) is 0 Å². The van der Waals surface area contributed by atoms with Gasteiger partial charge in [-0.25, -0.2) is 4.79 Å². The molecule has 0 saturated carbocycles. The van der Waals surface area contributed by atoms with Crippen molar-refractivity contribution in [3.63, 3.8) is 0 Å². The number of rotatable bonds is 5. The Balaban J connectivity index is 2.01. The normalized spacial score (nSPS) is 11.0. The lowest BCUT2D eigenvalue weighted by molar-refractivity contribution is 0.0528. The van der Waals surface area contributed by atoms with Gasteiger partial charge in [0.2, 0.25) is 5.78 Å². The van der Waals surface area contributed by atoms with Gasteiger partial charge in [-0.1, -0.05) is 18.2 Å². The number of esters is 1. The van der Waals surface area contributed by atoms with Crippen LogP contribution in [0.4, 0.5) is 0 Å². The standard InChI is InChI=1S/C23H18BrNO4/c1-3-29-23(27)17-13-20(22(26)14-8-10-16(28-2)11-9-14)25-19-7-5-4-6-15(19)12-18(24)21(17)25/h4-13H,3H2,1-2H3. The number of benzene rings is 2. The molecule has 4 aromatic rings. The number of carbonyl (C=O) groups excluding carboxylic acids is 2. The van der Waals surface area contributed by atoms with Crippen molar-refractivity contribution in [3.8, 4) is 5.75 Å². The molecule has 0 aliphatic rings. The summed E-state index contributed by atoms with van der Waals surface area (Å²) in [6, 6.07) is 18.2. The molecule has 0 N–H and O–H groups in total. The predicted molar refractivity (Wildman–Crippen MR) is 115 cm³/mol. The molecule has 0 amide bonds. The molecule has 2 aromatic carbocycles. The van der Waals surface area contributed by atoms with Crippen LogP contribution in [-0.2, 0) is 4.74 Å². The van der Waals surface area contributed by atoms with Crippen LogP contribution in [0.3, 0.4) is 0 Å². The Bertz CT molecular complexity index is 1240. The maximum absolute atomic E-state index is 13.4. The highest BCUT2D eigenvalue weighted by Gasteiger charge is 2.24. The molecule has 0 saturated heterocycles. The van der Waals surface area contributed by atoms with Crippen LogP contribution in [0.2, 0.25) is 0 Å². The van der Waals surface area contributed by atoms with Crippen molar-refractivity contribution in [2.75, 3.05) is 13.7 Å². The van der Waals surface area contributed by atoms with Crippen LogP contribution in [-0.4, -0.2) is 29.9 Å². The van der Waals surface area contributed by atoms with Gasteiger partial charge in [-0.05, 0) is 70.7 Å². The Labute approximate surface area is 176 Å². The zero-order valence-corrected chi connectivity index (χ0v) is 17.5. The molecule has 5 nitrogen and oxygen atoms in total. The van der Waals surface area contributed by atoms with Crippen LogP contribution >= 0.6 is 15.9 Å². The third-order valence-electron chi connectivity index (χ3n) is 4.77. The van der Waals surface area contributed by atoms with E-state index in [0.29, 0.717) is 32.6 Å². The second-order valence-corrected chi connectivity index (χ2v) is 7.31. The molecule has 0 fully saturated rings. The molecule has 0 atom stereocenters.